The number of hydrogen-bond donors (Lipinski definition) is 1. The molecule has 0 aromatic heterocycles. The van der Waals surface area contributed by atoms with Crippen molar-refractivity contribution in [3.05, 3.63) is 24.3 Å². The van der Waals surface area contributed by atoms with Crippen molar-refractivity contribution in [2.45, 2.75) is 19.2 Å². The van der Waals surface area contributed by atoms with Crippen molar-refractivity contribution in [2.75, 3.05) is 25.5 Å². The third-order valence-corrected chi connectivity index (χ3v) is 3.16. The molecule has 1 heterocycles. The molecular formula is C14H16F3N3O3. The Morgan fingerprint density at radius 1 is 1.22 bits per heavy atom. The largest absolute Gasteiger partial charge is 0.573 e. The third kappa shape index (κ3) is 6.15. The van der Waals surface area contributed by atoms with E-state index in [9.17, 15) is 18.0 Å². The summed E-state index contributed by atoms with van der Waals surface area (Å²) in [5.41, 5.74) is 1.07. The molecule has 0 aliphatic carbocycles. The van der Waals surface area contributed by atoms with Gasteiger partial charge in [0.1, 0.15) is 5.75 Å². The second kappa shape index (κ2) is 7.32. The lowest BCUT2D eigenvalue weighted by molar-refractivity contribution is -0.274. The van der Waals surface area contributed by atoms with Crippen molar-refractivity contribution >= 4 is 17.5 Å². The predicted molar refractivity (Wildman–Crippen MR) is 77.4 cm³/mol. The first-order chi connectivity index (χ1) is 10.8. The lowest BCUT2D eigenvalue weighted by atomic mass is 10.1. The average Bonchev–Trinajstić information content (AvgIpc) is 2.47. The Labute approximate surface area is 130 Å². The first-order valence-corrected chi connectivity index (χ1v) is 6.90. The van der Waals surface area contributed by atoms with E-state index in [0.717, 1.165) is 43.8 Å². The van der Waals surface area contributed by atoms with Gasteiger partial charge in [0.15, 0.2) is 0 Å². The smallest absolute Gasteiger partial charge is 0.406 e. The molecule has 0 atom stereocenters. The highest BCUT2D eigenvalue weighted by atomic mass is 19.4. The molecule has 1 N–H and O–H groups in total. The molecule has 6 nitrogen and oxygen atoms in total. The molecule has 9 heteroatoms. The van der Waals surface area contributed by atoms with Crippen LogP contribution in [0.2, 0.25) is 0 Å². The molecular weight excluding hydrogens is 315 g/mol. The summed E-state index contributed by atoms with van der Waals surface area (Å²) in [6.07, 6.45) is -4.10. The van der Waals surface area contributed by atoms with Crippen LogP contribution in [0.15, 0.2) is 29.4 Å². The normalized spacial score (nSPS) is 15.9. The van der Waals surface area contributed by atoms with Crippen molar-refractivity contribution in [3.8, 4) is 5.75 Å². The maximum atomic E-state index is 12.0. The van der Waals surface area contributed by atoms with Gasteiger partial charge in [-0.3, -0.25) is 10.2 Å². The van der Waals surface area contributed by atoms with E-state index in [0.29, 0.717) is 0 Å². The van der Waals surface area contributed by atoms with Crippen LogP contribution in [0.4, 0.5) is 23.7 Å². The number of nitrogens with zero attached hydrogens (tertiary/aromatic N) is 2. The summed E-state index contributed by atoms with van der Waals surface area (Å²) in [6.45, 7) is 1.70. The van der Waals surface area contributed by atoms with E-state index in [2.05, 4.69) is 20.1 Å². The van der Waals surface area contributed by atoms with Gasteiger partial charge in [-0.25, -0.2) is 4.79 Å². The monoisotopic (exact) mass is 331 g/mol. The molecule has 1 aliphatic rings. The maximum Gasteiger partial charge on any atom is 0.573 e. The fourth-order valence-electron chi connectivity index (χ4n) is 1.95. The van der Waals surface area contributed by atoms with Gasteiger partial charge in [0.2, 0.25) is 0 Å². The van der Waals surface area contributed by atoms with E-state index < -0.39 is 12.5 Å². The van der Waals surface area contributed by atoms with Gasteiger partial charge < -0.3 is 9.64 Å². The molecule has 0 radical (unpaired) electrons. The van der Waals surface area contributed by atoms with Crippen LogP contribution >= 0.6 is 0 Å². The van der Waals surface area contributed by atoms with Gasteiger partial charge in [-0.2, -0.15) is 0 Å². The van der Waals surface area contributed by atoms with Gasteiger partial charge in [-0.1, -0.05) is 5.16 Å². The van der Waals surface area contributed by atoms with Crippen LogP contribution in [0.1, 0.15) is 12.8 Å². The van der Waals surface area contributed by atoms with Gasteiger partial charge in [0.25, 0.3) is 0 Å². The summed E-state index contributed by atoms with van der Waals surface area (Å²) in [4.78, 5) is 18.5. The highest BCUT2D eigenvalue weighted by Crippen LogP contribution is 2.23. The highest BCUT2D eigenvalue weighted by molar-refractivity contribution is 5.88. The second-order valence-corrected chi connectivity index (χ2v) is 5.04. The third-order valence-electron chi connectivity index (χ3n) is 3.16. The topological polar surface area (TPSA) is 63.2 Å². The molecule has 0 unspecified atom stereocenters. The van der Waals surface area contributed by atoms with Gasteiger partial charge in [0.05, 0.1) is 5.71 Å². The summed E-state index contributed by atoms with van der Waals surface area (Å²) in [5.74, 6) is -0.372. The number of likely N-dealkylation sites (tertiary alicyclic amines) is 1. The minimum absolute atomic E-state index is 0.271. The molecule has 23 heavy (non-hydrogen) atoms. The van der Waals surface area contributed by atoms with Crippen molar-refractivity contribution in [1.82, 2.24) is 4.90 Å². The van der Waals surface area contributed by atoms with Crippen LogP contribution < -0.4 is 10.1 Å². The number of carbonyl (C=O) groups excluding carboxylic acids is 1. The van der Waals surface area contributed by atoms with E-state index in [1.165, 1.54) is 12.1 Å². The summed E-state index contributed by atoms with van der Waals surface area (Å²) < 4.78 is 39.8. The summed E-state index contributed by atoms with van der Waals surface area (Å²) in [6, 6.07) is 4.72. The van der Waals surface area contributed by atoms with E-state index >= 15 is 0 Å². The first kappa shape index (κ1) is 17.1. The second-order valence-electron chi connectivity index (χ2n) is 5.04. The van der Waals surface area contributed by atoms with E-state index in [1.54, 1.807) is 0 Å². The highest BCUT2D eigenvalue weighted by Gasteiger charge is 2.30. The minimum Gasteiger partial charge on any atom is -0.406 e. The van der Waals surface area contributed by atoms with Gasteiger partial charge in [-0.05, 0) is 31.3 Å². The van der Waals surface area contributed by atoms with Gasteiger partial charge in [0, 0.05) is 31.6 Å². The summed E-state index contributed by atoms with van der Waals surface area (Å²) in [5, 5.41) is 6.15. The molecule has 1 aromatic carbocycles. The molecule has 0 saturated carbocycles. The lowest BCUT2D eigenvalue weighted by Gasteiger charge is -2.22. The molecule has 0 spiro atoms. The number of hydrogen-bond acceptors (Lipinski definition) is 5. The van der Waals surface area contributed by atoms with Crippen LogP contribution in [0, 0.1) is 0 Å². The minimum atomic E-state index is -4.75. The zero-order valence-electron chi connectivity index (χ0n) is 12.4. The Hall–Kier alpha value is -2.29. The molecule has 1 aliphatic heterocycles. The van der Waals surface area contributed by atoms with E-state index in [-0.39, 0.29) is 11.4 Å². The van der Waals surface area contributed by atoms with Crippen LogP contribution in [-0.4, -0.2) is 43.2 Å². The number of piperidine rings is 1. The van der Waals surface area contributed by atoms with Crippen LogP contribution in [0.5, 0.6) is 5.75 Å². The lowest BCUT2D eigenvalue weighted by Crippen LogP contribution is -2.30. The number of amides is 1. The van der Waals surface area contributed by atoms with Crippen molar-refractivity contribution in [3.63, 3.8) is 0 Å². The van der Waals surface area contributed by atoms with Crippen molar-refractivity contribution in [1.29, 1.82) is 0 Å². The Morgan fingerprint density at radius 3 is 2.39 bits per heavy atom. The average molecular weight is 331 g/mol. The van der Waals surface area contributed by atoms with Crippen LogP contribution in [0.3, 0.4) is 0 Å². The summed E-state index contributed by atoms with van der Waals surface area (Å²) in [7, 11) is 2.00. The Kier molecular flexibility index (Phi) is 5.43. The SMILES string of the molecule is CN1CCC(=NOC(=O)Nc2ccc(OC(F)(F)F)cc2)CC1. The first-order valence-electron chi connectivity index (χ1n) is 6.90. The number of nitrogens with one attached hydrogen (secondary N) is 1. The Bertz CT molecular complexity index is 563. The number of carbonyl (C=O) groups is 1. The number of ether oxygens (including phenoxy) is 1. The molecule has 1 saturated heterocycles. The fourth-order valence-corrected chi connectivity index (χ4v) is 1.95. The zero-order valence-corrected chi connectivity index (χ0v) is 12.4. The molecule has 126 valence electrons. The van der Waals surface area contributed by atoms with Gasteiger partial charge >= 0.3 is 12.5 Å². The van der Waals surface area contributed by atoms with Crippen molar-refractivity contribution in [2.24, 2.45) is 5.16 Å². The quantitative estimate of drug-likeness (QED) is 0.682. The molecule has 1 fully saturated rings. The van der Waals surface area contributed by atoms with E-state index in [1.807, 2.05) is 7.05 Å². The number of oxime groups is 1. The standard InChI is InChI=1S/C14H16F3N3O3/c1-20-8-6-11(7-9-20)19-23-13(21)18-10-2-4-12(5-3-10)22-14(15,16)17/h2-5H,6-9H2,1H3,(H,18,21). The van der Waals surface area contributed by atoms with E-state index in [4.69, 9.17) is 4.84 Å². The molecule has 2 rings (SSSR count). The van der Waals surface area contributed by atoms with Crippen molar-refractivity contribution < 1.29 is 27.5 Å². The molecule has 1 aromatic rings. The Balaban J connectivity index is 1.82. The predicted octanol–water partition coefficient (Wildman–Crippen LogP) is 3.22. The number of benzene rings is 1. The maximum absolute atomic E-state index is 12.0. The number of alkyl halides is 3. The Morgan fingerprint density at radius 2 is 1.83 bits per heavy atom. The molecule has 0 bridgehead atoms. The number of halogens is 3. The molecule has 1 amide bonds. The zero-order chi connectivity index (χ0) is 16.9. The number of anilines is 1. The number of rotatable bonds is 3. The van der Waals surface area contributed by atoms with Gasteiger partial charge in [-0.15, -0.1) is 13.2 Å². The fraction of sp³-hybridized carbons (Fsp3) is 0.429. The summed E-state index contributed by atoms with van der Waals surface area (Å²) >= 11 is 0. The van der Waals surface area contributed by atoms with Crippen LogP contribution in [0.25, 0.3) is 0 Å². The van der Waals surface area contributed by atoms with Crippen LogP contribution in [-0.2, 0) is 4.84 Å².